The van der Waals surface area contributed by atoms with E-state index in [1.54, 1.807) is 6.08 Å². The highest BCUT2D eigenvalue weighted by Crippen LogP contribution is 2.40. The topological polar surface area (TPSA) is 96.9 Å². The lowest BCUT2D eigenvalue weighted by molar-refractivity contribution is -0.138. The lowest BCUT2D eigenvalue weighted by atomic mass is 9.83. The molecule has 7 nitrogen and oxygen atoms in total. The number of halogens is 7. The zero-order valence-electron chi connectivity index (χ0n) is 18.1. The summed E-state index contributed by atoms with van der Waals surface area (Å²) in [5.41, 5.74) is -0.952. The first-order valence-corrected chi connectivity index (χ1v) is 13.2. The molecular formula is C20H18ClF6N5O2S2. The number of alkyl halides is 6. The van der Waals surface area contributed by atoms with Crippen LogP contribution >= 0.6 is 22.9 Å². The summed E-state index contributed by atoms with van der Waals surface area (Å²) in [6.45, 7) is 0. The third-order valence-electron chi connectivity index (χ3n) is 5.91. The van der Waals surface area contributed by atoms with Gasteiger partial charge in [-0.05, 0) is 43.2 Å². The van der Waals surface area contributed by atoms with Crippen molar-refractivity contribution in [3.05, 3.63) is 51.0 Å². The van der Waals surface area contributed by atoms with E-state index in [0.29, 0.717) is 12.6 Å². The molecule has 1 fully saturated rings. The highest BCUT2D eigenvalue weighted by molar-refractivity contribution is 7.96. The van der Waals surface area contributed by atoms with Crippen LogP contribution in [0.25, 0.3) is 0 Å². The van der Waals surface area contributed by atoms with E-state index in [1.165, 1.54) is 12.2 Å². The molecule has 0 bridgehead atoms. The molecule has 0 saturated heterocycles. The Bertz CT molecular complexity index is 1290. The Morgan fingerprint density at radius 1 is 1.08 bits per heavy atom. The van der Waals surface area contributed by atoms with Crippen LogP contribution in [-0.2, 0) is 22.4 Å². The number of hydrogen-bond acceptors (Lipinski definition) is 7. The van der Waals surface area contributed by atoms with Crippen LogP contribution in [0.15, 0.2) is 35.4 Å². The molecular weight excluding hydrogens is 556 g/mol. The molecule has 36 heavy (non-hydrogen) atoms. The standard InChI is InChI=1S/C20H18ClF6N5O2S2/c21-14-8-11(19(22,23)24)9-28-16(14)29-15-3-1-2-13(15)10-4-6-12(7-5-10)36(33,34)32-18-31-30-17(35-18)20(25,26)27/h4,6-10,13,15H,1-3,5H2,(H,28,29)(H,31,32)/t10?,13-,15+/m0/s1. The van der Waals surface area contributed by atoms with Crippen molar-refractivity contribution in [1.29, 1.82) is 0 Å². The second-order valence-electron chi connectivity index (χ2n) is 8.28. The van der Waals surface area contributed by atoms with Crippen molar-refractivity contribution in [2.24, 2.45) is 11.8 Å². The number of aromatic nitrogens is 3. The van der Waals surface area contributed by atoms with Crippen molar-refractivity contribution in [2.45, 2.75) is 44.1 Å². The second-order valence-corrected chi connectivity index (χ2v) is 11.3. The number of nitrogens with one attached hydrogen (secondary N) is 2. The minimum absolute atomic E-state index is 0.0346. The molecule has 2 aliphatic carbocycles. The molecule has 0 amide bonds. The molecule has 1 unspecified atom stereocenters. The molecule has 2 heterocycles. The molecule has 2 aliphatic rings. The molecule has 0 spiro atoms. The Labute approximate surface area is 210 Å². The smallest absolute Gasteiger partial charge is 0.366 e. The number of sulfonamides is 1. The minimum Gasteiger partial charge on any atom is -0.366 e. The van der Waals surface area contributed by atoms with Crippen LogP contribution in [0.4, 0.5) is 37.3 Å². The first-order valence-electron chi connectivity index (χ1n) is 10.6. The summed E-state index contributed by atoms with van der Waals surface area (Å²) in [6.07, 6.45) is -1.32. The van der Waals surface area contributed by atoms with Crippen molar-refractivity contribution >= 4 is 43.9 Å². The van der Waals surface area contributed by atoms with Crippen LogP contribution in [-0.4, -0.2) is 29.6 Å². The number of hydrogen-bond donors (Lipinski definition) is 2. The fourth-order valence-electron chi connectivity index (χ4n) is 4.24. The van der Waals surface area contributed by atoms with Gasteiger partial charge >= 0.3 is 12.4 Å². The van der Waals surface area contributed by atoms with Gasteiger partial charge in [0, 0.05) is 12.2 Å². The largest absolute Gasteiger partial charge is 0.445 e. The van der Waals surface area contributed by atoms with Crippen molar-refractivity contribution in [1.82, 2.24) is 15.2 Å². The number of anilines is 2. The number of nitrogens with zero attached hydrogens (tertiary/aromatic N) is 3. The lowest BCUT2D eigenvalue weighted by Gasteiger charge is -2.29. The van der Waals surface area contributed by atoms with E-state index in [9.17, 15) is 34.8 Å². The van der Waals surface area contributed by atoms with E-state index >= 15 is 0 Å². The molecule has 0 aliphatic heterocycles. The predicted molar refractivity (Wildman–Crippen MR) is 122 cm³/mol. The van der Waals surface area contributed by atoms with E-state index in [-0.39, 0.29) is 45.0 Å². The number of allylic oxidation sites excluding steroid dienone is 3. The van der Waals surface area contributed by atoms with Gasteiger partial charge in [0.15, 0.2) is 0 Å². The van der Waals surface area contributed by atoms with Crippen molar-refractivity contribution in [2.75, 3.05) is 10.0 Å². The molecule has 0 aromatic carbocycles. The lowest BCUT2D eigenvalue weighted by Crippen LogP contribution is -2.30. The molecule has 16 heteroatoms. The number of rotatable bonds is 6. The van der Waals surface area contributed by atoms with Crippen molar-refractivity contribution in [3.63, 3.8) is 0 Å². The maximum Gasteiger partial charge on any atom is 0.445 e. The molecule has 2 aromatic rings. The average molecular weight is 574 g/mol. The van der Waals surface area contributed by atoms with E-state index < -0.39 is 38.1 Å². The van der Waals surface area contributed by atoms with Gasteiger partial charge in [-0.15, -0.1) is 10.2 Å². The van der Waals surface area contributed by atoms with Gasteiger partial charge in [-0.1, -0.05) is 41.5 Å². The van der Waals surface area contributed by atoms with E-state index in [4.69, 9.17) is 11.6 Å². The molecule has 2 N–H and O–H groups in total. The van der Waals surface area contributed by atoms with Gasteiger partial charge in [-0.2, -0.15) is 26.3 Å². The van der Waals surface area contributed by atoms with Gasteiger partial charge in [0.25, 0.3) is 10.0 Å². The summed E-state index contributed by atoms with van der Waals surface area (Å²) in [6, 6.07) is 0.664. The van der Waals surface area contributed by atoms with Crippen LogP contribution in [0, 0.1) is 11.8 Å². The Hall–Kier alpha value is -2.39. The third kappa shape index (κ3) is 5.94. The van der Waals surface area contributed by atoms with Crippen LogP contribution in [0.5, 0.6) is 0 Å². The average Bonchev–Trinajstić information content (AvgIpc) is 3.44. The summed E-state index contributed by atoms with van der Waals surface area (Å²) in [5, 5.41) is 7.39. The van der Waals surface area contributed by atoms with Gasteiger partial charge in [-0.25, -0.2) is 13.4 Å². The molecule has 1 saturated carbocycles. The second kappa shape index (κ2) is 9.82. The van der Waals surface area contributed by atoms with E-state index in [2.05, 4.69) is 20.5 Å². The molecule has 3 atom stereocenters. The maximum absolute atomic E-state index is 12.9. The van der Waals surface area contributed by atoms with Crippen LogP contribution < -0.4 is 10.0 Å². The van der Waals surface area contributed by atoms with Crippen LogP contribution in [0.2, 0.25) is 5.02 Å². The highest BCUT2D eigenvalue weighted by atomic mass is 35.5. The van der Waals surface area contributed by atoms with E-state index in [1.807, 2.05) is 4.72 Å². The minimum atomic E-state index is -4.73. The van der Waals surface area contributed by atoms with Crippen molar-refractivity contribution in [3.8, 4) is 0 Å². The quantitative estimate of drug-likeness (QED) is 0.405. The maximum atomic E-state index is 12.9. The predicted octanol–water partition coefficient (Wildman–Crippen LogP) is 6.11. The van der Waals surface area contributed by atoms with Gasteiger partial charge in [0.05, 0.1) is 15.5 Å². The Morgan fingerprint density at radius 2 is 1.83 bits per heavy atom. The fraction of sp³-hybridized carbons (Fsp3) is 0.450. The summed E-state index contributed by atoms with van der Waals surface area (Å²) >= 11 is 6.10. The van der Waals surface area contributed by atoms with Crippen LogP contribution in [0.1, 0.15) is 36.3 Å². The summed E-state index contributed by atoms with van der Waals surface area (Å²) in [4.78, 5) is 3.71. The normalized spacial score (nSPS) is 23.0. The monoisotopic (exact) mass is 573 g/mol. The molecule has 4 rings (SSSR count). The Kier molecular flexibility index (Phi) is 7.27. The first kappa shape index (κ1) is 26.7. The molecule has 196 valence electrons. The van der Waals surface area contributed by atoms with Gasteiger partial charge < -0.3 is 5.32 Å². The first-order chi connectivity index (χ1) is 16.7. The SMILES string of the molecule is O=S(=O)(Nc1nnc(C(F)(F)F)s1)C1=CCC([C@@H]2CCC[C@H]2Nc2ncc(C(F)(F)F)cc2Cl)C=C1. The fourth-order valence-corrected chi connectivity index (χ4v) is 6.38. The molecule has 2 aromatic heterocycles. The summed E-state index contributed by atoms with van der Waals surface area (Å²) in [5.74, 6) is 0.0996. The zero-order chi connectivity index (χ0) is 26.3. The van der Waals surface area contributed by atoms with Gasteiger partial charge in [0.1, 0.15) is 5.82 Å². The number of pyridine rings is 1. The van der Waals surface area contributed by atoms with Crippen LogP contribution in [0.3, 0.4) is 0 Å². The van der Waals surface area contributed by atoms with Crippen molar-refractivity contribution < 1.29 is 34.8 Å². The zero-order valence-corrected chi connectivity index (χ0v) is 20.5. The summed E-state index contributed by atoms with van der Waals surface area (Å²) in [7, 11) is -4.17. The summed E-state index contributed by atoms with van der Waals surface area (Å²) < 4.78 is 104. The molecule has 0 radical (unpaired) electrons. The third-order valence-corrected chi connectivity index (χ3v) is 8.59. The van der Waals surface area contributed by atoms with Gasteiger partial charge in [-0.3, -0.25) is 4.72 Å². The van der Waals surface area contributed by atoms with Gasteiger partial charge in [0.2, 0.25) is 10.1 Å². The van der Waals surface area contributed by atoms with E-state index in [0.717, 1.165) is 25.3 Å². The Morgan fingerprint density at radius 3 is 2.42 bits per heavy atom. The Balaban J connectivity index is 1.41. The highest BCUT2D eigenvalue weighted by Gasteiger charge is 2.37.